The molecule has 4 heteroatoms. The van der Waals surface area contributed by atoms with Crippen molar-refractivity contribution < 1.29 is 14.4 Å². The van der Waals surface area contributed by atoms with Crippen LogP contribution in [0.25, 0.3) is 0 Å². The van der Waals surface area contributed by atoms with Crippen LogP contribution in [-0.4, -0.2) is 26.1 Å². The summed E-state index contributed by atoms with van der Waals surface area (Å²) in [6.07, 6.45) is 0. The molecular weight excluding hydrogens is 324 g/mol. The molecule has 1 unspecified atom stereocenters. The Kier molecular flexibility index (Phi) is 7.22. The Morgan fingerprint density at radius 3 is 2.12 bits per heavy atom. The highest BCUT2D eigenvalue weighted by molar-refractivity contribution is 5.79. The summed E-state index contributed by atoms with van der Waals surface area (Å²) in [4.78, 5) is 13.6. The van der Waals surface area contributed by atoms with Gasteiger partial charge in [-0.3, -0.25) is 4.79 Å². The Hall–Kier alpha value is -2.33. The molecule has 2 N–H and O–H groups in total. The quantitative estimate of drug-likeness (QED) is 0.764. The SMILES string of the molecule is COc1ccc(CNC(=O)[C@H](C)[NH+](C)Cc2ccc(C(C)C)cc2)cc1. The maximum atomic E-state index is 12.5. The molecule has 2 rings (SSSR count). The lowest BCUT2D eigenvalue weighted by Gasteiger charge is -2.21. The lowest BCUT2D eigenvalue weighted by Crippen LogP contribution is -3.12. The largest absolute Gasteiger partial charge is 0.497 e. The zero-order chi connectivity index (χ0) is 19.1. The van der Waals surface area contributed by atoms with E-state index in [2.05, 4.69) is 50.5 Å². The number of hydrogen-bond acceptors (Lipinski definition) is 2. The number of likely N-dealkylation sites (N-methyl/N-ethyl adjacent to an activating group) is 1. The van der Waals surface area contributed by atoms with Gasteiger partial charge in [-0.15, -0.1) is 0 Å². The van der Waals surface area contributed by atoms with Gasteiger partial charge in [0.25, 0.3) is 5.91 Å². The predicted molar refractivity (Wildman–Crippen MR) is 105 cm³/mol. The fourth-order valence-corrected chi connectivity index (χ4v) is 2.80. The van der Waals surface area contributed by atoms with Crippen molar-refractivity contribution in [2.45, 2.75) is 45.8 Å². The molecule has 0 aromatic heterocycles. The summed E-state index contributed by atoms with van der Waals surface area (Å²) < 4.78 is 5.15. The van der Waals surface area contributed by atoms with Crippen LogP contribution < -0.4 is 15.0 Å². The highest BCUT2D eigenvalue weighted by Crippen LogP contribution is 2.14. The van der Waals surface area contributed by atoms with Gasteiger partial charge in [0.15, 0.2) is 6.04 Å². The molecule has 2 aromatic rings. The second kappa shape index (κ2) is 9.39. The van der Waals surface area contributed by atoms with Crippen LogP contribution in [0.5, 0.6) is 5.75 Å². The maximum Gasteiger partial charge on any atom is 0.278 e. The van der Waals surface area contributed by atoms with Crippen molar-refractivity contribution in [3.63, 3.8) is 0 Å². The van der Waals surface area contributed by atoms with Gasteiger partial charge >= 0.3 is 0 Å². The van der Waals surface area contributed by atoms with E-state index in [9.17, 15) is 4.79 Å². The monoisotopic (exact) mass is 355 g/mol. The molecule has 2 aromatic carbocycles. The van der Waals surface area contributed by atoms with E-state index in [1.165, 1.54) is 16.0 Å². The Morgan fingerprint density at radius 2 is 1.58 bits per heavy atom. The third-order valence-corrected chi connectivity index (χ3v) is 4.89. The molecule has 0 saturated carbocycles. The van der Waals surface area contributed by atoms with Gasteiger partial charge in [-0.2, -0.15) is 0 Å². The summed E-state index contributed by atoms with van der Waals surface area (Å²) >= 11 is 0. The van der Waals surface area contributed by atoms with Gasteiger partial charge in [0.1, 0.15) is 12.3 Å². The molecule has 26 heavy (non-hydrogen) atoms. The van der Waals surface area contributed by atoms with E-state index in [4.69, 9.17) is 4.74 Å². The number of hydrogen-bond donors (Lipinski definition) is 2. The molecule has 0 aliphatic rings. The average molecular weight is 356 g/mol. The van der Waals surface area contributed by atoms with Crippen molar-refractivity contribution >= 4 is 5.91 Å². The van der Waals surface area contributed by atoms with Gasteiger partial charge in [-0.1, -0.05) is 50.2 Å². The molecule has 4 nitrogen and oxygen atoms in total. The van der Waals surface area contributed by atoms with Crippen LogP contribution in [0, 0.1) is 0 Å². The average Bonchev–Trinajstić information content (AvgIpc) is 2.66. The van der Waals surface area contributed by atoms with Crippen molar-refractivity contribution in [2.24, 2.45) is 0 Å². The molecule has 0 saturated heterocycles. The summed E-state index contributed by atoms with van der Waals surface area (Å²) in [6, 6.07) is 16.3. The lowest BCUT2D eigenvalue weighted by atomic mass is 10.0. The number of methoxy groups -OCH3 is 1. The molecule has 0 heterocycles. The Balaban J connectivity index is 1.85. The van der Waals surface area contributed by atoms with Crippen LogP contribution in [0.1, 0.15) is 43.4 Å². The molecule has 0 bridgehead atoms. The molecular formula is C22H31N2O2+. The van der Waals surface area contributed by atoms with E-state index in [0.717, 1.165) is 17.9 Å². The van der Waals surface area contributed by atoms with Gasteiger partial charge in [-0.25, -0.2) is 0 Å². The van der Waals surface area contributed by atoms with E-state index >= 15 is 0 Å². The summed E-state index contributed by atoms with van der Waals surface area (Å²) in [6.45, 7) is 7.73. The van der Waals surface area contributed by atoms with Crippen molar-refractivity contribution in [1.82, 2.24) is 5.32 Å². The highest BCUT2D eigenvalue weighted by atomic mass is 16.5. The minimum atomic E-state index is -0.113. The number of carbonyl (C=O) groups is 1. The lowest BCUT2D eigenvalue weighted by molar-refractivity contribution is -0.908. The van der Waals surface area contributed by atoms with E-state index in [-0.39, 0.29) is 11.9 Å². The summed E-state index contributed by atoms with van der Waals surface area (Å²) in [5.41, 5.74) is 3.66. The topological polar surface area (TPSA) is 42.8 Å². The molecule has 0 fully saturated rings. The molecule has 1 amide bonds. The number of benzene rings is 2. The van der Waals surface area contributed by atoms with E-state index in [0.29, 0.717) is 12.5 Å². The predicted octanol–water partition coefficient (Wildman–Crippen LogP) is 2.54. The second-order valence-corrected chi connectivity index (χ2v) is 7.21. The fraction of sp³-hybridized carbons (Fsp3) is 0.409. The van der Waals surface area contributed by atoms with Crippen LogP contribution in [0.2, 0.25) is 0 Å². The summed E-state index contributed by atoms with van der Waals surface area (Å²) in [5, 5.41) is 3.03. The van der Waals surface area contributed by atoms with Gasteiger partial charge in [0, 0.05) is 12.1 Å². The van der Waals surface area contributed by atoms with E-state index in [1.54, 1.807) is 7.11 Å². The van der Waals surface area contributed by atoms with Crippen molar-refractivity contribution in [2.75, 3.05) is 14.2 Å². The third kappa shape index (κ3) is 5.60. The first kappa shape index (κ1) is 20.0. The number of amides is 1. The van der Waals surface area contributed by atoms with Gasteiger partial charge in [0.05, 0.1) is 14.2 Å². The first-order valence-corrected chi connectivity index (χ1v) is 9.22. The Morgan fingerprint density at radius 1 is 1.00 bits per heavy atom. The standard InChI is InChI=1S/C22H30N2O2/c1-16(2)20-10-6-19(7-11-20)15-24(4)17(3)22(25)23-14-18-8-12-21(26-5)13-9-18/h6-13,16-17H,14-15H2,1-5H3,(H,23,25)/p+1/t17-/m0/s1. The Bertz CT molecular complexity index is 693. The molecule has 0 aliphatic carbocycles. The van der Waals surface area contributed by atoms with E-state index in [1.807, 2.05) is 31.2 Å². The minimum absolute atomic E-state index is 0.0668. The van der Waals surface area contributed by atoms with Crippen molar-refractivity contribution in [3.05, 3.63) is 65.2 Å². The number of quaternary nitrogens is 1. The summed E-state index contributed by atoms with van der Waals surface area (Å²) in [7, 11) is 3.71. The maximum absolute atomic E-state index is 12.5. The smallest absolute Gasteiger partial charge is 0.278 e. The molecule has 140 valence electrons. The van der Waals surface area contributed by atoms with Crippen LogP contribution in [0.3, 0.4) is 0 Å². The van der Waals surface area contributed by atoms with Gasteiger partial charge in [0.2, 0.25) is 0 Å². The Labute approximate surface area is 157 Å². The molecule has 0 aliphatic heterocycles. The third-order valence-electron chi connectivity index (χ3n) is 4.89. The zero-order valence-corrected chi connectivity index (χ0v) is 16.5. The van der Waals surface area contributed by atoms with Crippen LogP contribution in [0.15, 0.2) is 48.5 Å². The van der Waals surface area contributed by atoms with Gasteiger partial charge < -0.3 is 15.0 Å². The fourth-order valence-electron chi connectivity index (χ4n) is 2.80. The van der Waals surface area contributed by atoms with Crippen molar-refractivity contribution in [3.8, 4) is 5.75 Å². The molecule has 0 spiro atoms. The van der Waals surface area contributed by atoms with Crippen molar-refractivity contribution in [1.29, 1.82) is 0 Å². The van der Waals surface area contributed by atoms with Crippen LogP contribution in [-0.2, 0) is 17.9 Å². The first-order valence-electron chi connectivity index (χ1n) is 9.22. The number of carbonyl (C=O) groups excluding carboxylic acids is 1. The minimum Gasteiger partial charge on any atom is -0.497 e. The van der Waals surface area contributed by atoms with Gasteiger partial charge in [-0.05, 0) is 36.1 Å². The summed E-state index contributed by atoms with van der Waals surface area (Å²) in [5.74, 6) is 1.43. The van der Waals surface area contributed by atoms with Crippen LogP contribution >= 0.6 is 0 Å². The number of ether oxygens (including phenoxy) is 1. The highest BCUT2D eigenvalue weighted by Gasteiger charge is 2.21. The normalized spacial score (nSPS) is 13.3. The second-order valence-electron chi connectivity index (χ2n) is 7.21. The number of nitrogens with one attached hydrogen (secondary N) is 2. The zero-order valence-electron chi connectivity index (χ0n) is 16.5. The van der Waals surface area contributed by atoms with Crippen LogP contribution in [0.4, 0.5) is 0 Å². The first-order chi connectivity index (χ1) is 12.4. The molecule has 2 atom stereocenters. The number of rotatable bonds is 8. The van der Waals surface area contributed by atoms with E-state index < -0.39 is 0 Å². The molecule has 0 radical (unpaired) electrons.